The van der Waals surface area contributed by atoms with Crippen molar-refractivity contribution in [2.45, 2.75) is 26.3 Å². The molecule has 0 fully saturated rings. The SMILES string of the molecule is CC(C)[C@@H](NC(=O)N1CC=CCC1)C(=O)O. The fourth-order valence-electron chi connectivity index (χ4n) is 1.56. The van der Waals surface area contributed by atoms with E-state index < -0.39 is 12.0 Å². The largest absolute Gasteiger partial charge is 0.480 e. The van der Waals surface area contributed by atoms with E-state index in [1.165, 1.54) is 0 Å². The minimum atomic E-state index is -0.990. The summed E-state index contributed by atoms with van der Waals surface area (Å²) in [5.74, 6) is -1.11. The second-order valence-electron chi connectivity index (χ2n) is 4.22. The minimum Gasteiger partial charge on any atom is -0.480 e. The normalized spacial score (nSPS) is 17.3. The lowest BCUT2D eigenvalue weighted by molar-refractivity contribution is -0.140. The van der Waals surface area contributed by atoms with Crippen LogP contribution in [0.1, 0.15) is 20.3 Å². The number of nitrogens with one attached hydrogen (secondary N) is 1. The molecule has 2 amide bonds. The summed E-state index contributed by atoms with van der Waals surface area (Å²) in [5, 5.41) is 11.5. The van der Waals surface area contributed by atoms with Gasteiger partial charge in [-0.05, 0) is 12.3 Å². The Hall–Kier alpha value is -1.52. The molecule has 0 unspecified atom stereocenters. The third-order valence-corrected chi connectivity index (χ3v) is 2.56. The highest BCUT2D eigenvalue weighted by Crippen LogP contribution is 2.05. The second-order valence-corrected chi connectivity index (χ2v) is 4.22. The van der Waals surface area contributed by atoms with E-state index >= 15 is 0 Å². The van der Waals surface area contributed by atoms with Crippen molar-refractivity contribution in [2.24, 2.45) is 5.92 Å². The van der Waals surface area contributed by atoms with Gasteiger partial charge >= 0.3 is 12.0 Å². The van der Waals surface area contributed by atoms with Gasteiger partial charge in [-0.2, -0.15) is 0 Å². The van der Waals surface area contributed by atoms with Crippen molar-refractivity contribution in [3.8, 4) is 0 Å². The summed E-state index contributed by atoms with van der Waals surface area (Å²) in [6.45, 7) is 4.74. The number of rotatable bonds is 3. The number of nitrogens with zero attached hydrogens (tertiary/aromatic N) is 1. The summed E-state index contributed by atoms with van der Waals surface area (Å²) < 4.78 is 0. The number of carbonyl (C=O) groups is 2. The molecule has 0 saturated heterocycles. The molecule has 0 aromatic rings. The predicted octanol–water partition coefficient (Wildman–Crippen LogP) is 1.07. The summed E-state index contributed by atoms with van der Waals surface area (Å²) in [4.78, 5) is 24.3. The molecule has 1 heterocycles. The van der Waals surface area contributed by atoms with E-state index in [-0.39, 0.29) is 11.9 Å². The highest BCUT2D eigenvalue weighted by molar-refractivity contribution is 5.82. The van der Waals surface area contributed by atoms with Crippen LogP contribution in [0.4, 0.5) is 4.79 Å². The third kappa shape index (κ3) is 3.25. The first-order valence-corrected chi connectivity index (χ1v) is 5.45. The highest BCUT2D eigenvalue weighted by Gasteiger charge is 2.25. The Morgan fingerprint density at radius 2 is 2.06 bits per heavy atom. The van der Waals surface area contributed by atoms with Gasteiger partial charge in [0.1, 0.15) is 6.04 Å². The van der Waals surface area contributed by atoms with E-state index in [9.17, 15) is 9.59 Å². The summed E-state index contributed by atoms with van der Waals surface area (Å²) in [7, 11) is 0. The zero-order valence-electron chi connectivity index (χ0n) is 9.64. The molecular weight excluding hydrogens is 208 g/mol. The maximum atomic E-state index is 11.7. The molecule has 0 bridgehead atoms. The van der Waals surface area contributed by atoms with Crippen molar-refractivity contribution in [3.05, 3.63) is 12.2 Å². The van der Waals surface area contributed by atoms with Crippen LogP contribution in [-0.4, -0.2) is 41.1 Å². The van der Waals surface area contributed by atoms with Gasteiger partial charge in [-0.25, -0.2) is 9.59 Å². The number of hydrogen-bond acceptors (Lipinski definition) is 2. The van der Waals surface area contributed by atoms with Crippen LogP contribution in [0.2, 0.25) is 0 Å². The van der Waals surface area contributed by atoms with Gasteiger partial charge in [0.2, 0.25) is 0 Å². The van der Waals surface area contributed by atoms with Crippen LogP contribution in [-0.2, 0) is 4.79 Å². The Bertz CT molecular complexity index is 300. The molecule has 1 atom stereocenters. The number of carbonyl (C=O) groups excluding carboxylic acids is 1. The molecule has 16 heavy (non-hydrogen) atoms. The van der Waals surface area contributed by atoms with Gasteiger partial charge in [0.15, 0.2) is 0 Å². The molecule has 0 aromatic heterocycles. The maximum Gasteiger partial charge on any atom is 0.326 e. The van der Waals surface area contributed by atoms with Gasteiger partial charge < -0.3 is 15.3 Å². The summed E-state index contributed by atoms with van der Waals surface area (Å²) >= 11 is 0. The van der Waals surface area contributed by atoms with Gasteiger partial charge in [-0.15, -0.1) is 0 Å². The summed E-state index contributed by atoms with van der Waals surface area (Å²) in [5.41, 5.74) is 0. The fraction of sp³-hybridized carbons (Fsp3) is 0.636. The lowest BCUT2D eigenvalue weighted by atomic mass is 10.1. The Kier molecular flexibility index (Phi) is 4.34. The standard InChI is InChI=1S/C11H18N2O3/c1-8(2)9(10(14)15)12-11(16)13-6-4-3-5-7-13/h3-4,8-9H,5-7H2,1-2H3,(H,12,16)(H,14,15)/t9-/m1/s1. The number of hydrogen-bond donors (Lipinski definition) is 2. The second kappa shape index (κ2) is 5.53. The molecule has 1 aliphatic heterocycles. The van der Waals surface area contributed by atoms with Crippen LogP contribution >= 0.6 is 0 Å². The van der Waals surface area contributed by atoms with Gasteiger partial charge in [-0.3, -0.25) is 0 Å². The minimum absolute atomic E-state index is 0.123. The number of carboxylic acid groups (broad SMARTS) is 1. The Morgan fingerprint density at radius 3 is 2.50 bits per heavy atom. The lowest BCUT2D eigenvalue weighted by Gasteiger charge is -2.26. The molecular formula is C11H18N2O3. The van der Waals surface area contributed by atoms with E-state index in [1.807, 2.05) is 12.2 Å². The molecule has 2 N–H and O–H groups in total. The first kappa shape index (κ1) is 12.5. The van der Waals surface area contributed by atoms with Crippen LogP contribution in [0.25, 0.3) is 0 Å². The average molecular weight is 226 g/mol. The van der Waals surface area contributed by atoms with Crippen LogP contribution in [0.5, 0.6) is 0 Å². The van der Waals surface area contributed by atoms with Crippen molar-refractivity contribution in [1.29, 1.82) is 0 Å². The van der Waals surface area contributed by atoms with Gasteiger partial charge in [0.05, 0.1) is 0 Å². The van der Waals surface area contributed by atoms with E-state index in [1.54, 1.807) is 18.7 Å². The first-order chi connectivity index (χ1) is 7.52. The molecule has 5 heteroatoms. The van der Waals surface area contributed by atoms with Crippen LogP contribution in [0.3, 0.4) is 0 Å². The topological polar surface area (TPSA) is 69.6 Å². The average Bonchev–Trinajstić information content (AvgIpc) is 2.25. The smallest absolute Gasteiger partial charge is 0.326 e. The number of carboxylic acids is 1. The Morgan fingerprint density at radius 1 is 1.38 bits per heavy atom. The quantitative estimate of drug-likeness (QED) is 0.707. The van der Waals surface area contributed by atoms with Crippen molar-refractivity contribution in [2.75, 3.05) is 13.1 Å². The van der Waals surface area contributed by atoms with Crippen LogP contribution < -0.4 is 5.32 Å². The van der Waals surface area contributed by atoms with Crippen molar-refractivity contribution in [3.63, 3.8) is 0 Å². The van der Waals surface area contributed by atoms with Crippen molar-refractivity contribution in [1.82, 2.24) is 10.2 Å². The first-order valence-electron chi connectivity index (χ1n) is 5.45. The highest BCUT2D eigenvalue weighted by atomic mass is 16.4. The fourth-order valence-corrected chi connectivity index (χ4v) is 1.56. The van der Waals surface area contributed by atoms with E-state index in [0.717, 1.165) is 6.42 Å². The molecule has 1 rings (SSSR count). The number of aliphatic carboxylic acids is 1. The monoisotopic (exact) mass is 226 g/mol. The van der Waals surface area contributed by atoms with Crippen LogP contribution in [0.15, 0.2) is 12.2 Å². The van der Waals surface area contributed by atoms with Gasteiger partial charge in [0, 0.05) is 13.1 Å². The number of urea groups is 1. The zero-order chi connectivity index (χ0) is 12.1. The Balaban J connectivity index is 2.54. The van der Waals surface area contributed by atoms with Gasteiger partial charge in [-0.1, -0.05) is 26.0 Å². The van der Waals surface area contributed by atoms with Crippen molar-refractivity contribution < 1.29 is 14.7 Å². The molecule has 90 valence electrons. The molecule has 0 spiro atoms. The third-order valence-electron chi connectivity index (χ3n) is 2.56. The predicted molar refractivity (Wildman–Crippen MR) is 60.1 cm³/mol. The molecule has 0 radical (unpaired) electrons. The molecule has 5 nitrogen and oxygen atoms in total. The van der Waals surface area contributed by atoms with Crippen molar-refractivity contribution >= 4 is 12.0 Å². The molecule has 0 aromatic carbocycles. The summed E-state index contributed by atoms with van der Waals surface area (Å²) in [6.07, 6.45) is 4.75. The lowest BCUT2D eigenvalue weighted by Crippen LogP contribution is -2.50. The van der Waals surface area contributed by atoms with Gasteiger partial charge in [0.25, 0.3) is 0 Å². The molecule has 0 aliphatic carbocycles. The maximum absolute atomic E-state index is 11.7. The molecule has 1 aliphatic rings. The summed E-state index contributed by atoms with van der Waals surface area (Å²) in [6, 6.07) is -1.12. The molecule has 0 saturated carbocycles. The zero-order valence-corrected chi connectivity index (χ0v) is 9.64. The van der Waals surface area contributed by atoms with E-state index in [0.29, 0.717) is 13.1 Å². The van der Waals surface area contributed by atoms with E-state index in [2.05, 4.69) is 5.32 Å². The van der Waals surface area contributed by atoms with Crippen LogP contribution in [0, 0.1) is 5.92 Å². The van der Waals surface area contributed by atoms with E-state index in [4.69, 9.17) is 5.11 Å². The Labute approximate surface area is 95.1 Å². The number of amides is 2.